The molecule has 0 spiro atoms. The van der Waals surface area contributed by atoms with Crippen LogP contribution in [0.5, 0.6) is 0 Å². The van der Waals surface area contributed by atoms with Crippen molar-refractivity contribution in [2.75, 3.05) is 19.7 Å². The van der Waals surface area contributed by atoms with Gasteiger partial charge in [-0.3, -0.25) is 0 Å². The minimum Gasteiger partial charge on any atom is -0.394 e. The van der Waals surface area contributed by atoms with Gasteiger partial charge in [-0.15, -0.1) is 0 Å². The molecule has 112 valence electrons. The fourth-order valence-electron chi connectivity index (χ4n) is 3.09. The van der Waals surface area contributed by atoms with Gasteiger partial charge in [0.15, 0.2) is 0 Å². The summed E-state index contributed by atoms with van der Waals surface area (Å²) in [7, 11) is 0. The molecule has 1 aliphatic rings. The van der Waals surface area contributed by atoms with Crippen LogP contribution in [0.3, 0.4) is 0 Å². The Balaban J connectivity index is 1.99. The van der Waals surface area contributed by atoms with Gasteiger partial charge in [0.2, 0.25) is 0 Å². The van der Waals surface area contributed by atoms with Crippen molar-refractivity contribution in [1.29, 1.82) is 0 Å². The smallest absolute Gasteiger partial charge is 0.0656 e. The molecular weight excluding hydrogens is 248 g/mol. The van der Waals surface area contributed by atoms with Crippen molar-refractivity contribution in [3.8, 4) is 0 Å². The standard InChI is InChI=1S/C17H28N2O/c1-15-8-4-3-7-12-19(15)13-11-17(18,14-20)16-9-5-2-6-10-16/h2,5-6,9-10,15,20H,3-4,7-8,11-14,18H2,1H3. The number of rotatable bonds is 5. The van der Waals surface area contributed by atoms with Gasteiger partial charge in [-0.2, -0.15) is 0 Å². The van der Waals surface area contributed by atoms with Crippen LogP contribution < -0.4 is 5.73 Å². The van der Waals surface area contributed by atoms with Crippen LogP contribution in [-0.4, -0.2) is 35.7 Å². The second kappa shape index (κ2) is 7.21. The minimum absolute atomic E-state index is 0.000760. The molecule has 0 saturated carbocycles. The summed E-state index contributed by atoms with van der Waals surface area (Å²) in [5.41, 5.74) is 6.86. The van der Waals surface area contributed by atoms with E-state index < -0.39 is 5.54 Å². The summed E-state index contributed by atoms with van der Waals surface area (Å²) < 4.78 is 0. The van der Waals surface area contributed by atoms with Crippen LogP contribution in [0, 0.1) is 0 Å². The molecule has 0 amide bonds. The highest BCUT2D eigenvalue weighted by Crippen LogP contribution is 2.24. The molecule has 3 nitrogen and oxygen atoms in total. The van der Waals surface area contributed by atoms with Crippen molar-refractivity contribution >= 4 is 0 Å². The van der Waals surface area contributed by atoms with E-state index in [9.17, 15) is 5.11 Å². The molecule has 0 bridgehead atoms. The number of aliphatic hydroxyl groups excluding tert-OH is 1. The molecule has 2 rings (SSSR count). The summed E-state index contributed by atoms with van der Waals surface area (Å²) in [6, 6.07) is 10.6. The van der Waals surface area contributed by atoms with E-state index in [-0.39, 0.29) is 6.61 Å². The van der Waals surface area contributed by atoms with Crippen LogP contribution in [-0.2, 0) is 5.54 Å². The van der Waals surface area contributed by atoms with Crippen molar-refractivity contribution in [3.63, 3.8) is 0 Å². The highest BCUT2D eigenvalue weighted by Gasteiger charge is 2.28. The summed E-state index contributed by atoms with van der Waals surface area (Å²) in [6.45, 7) is 4.44. The van der Waals surface area contributed by atoms with E-state index in [1.54, 1.807) is 0 Å². The number of likely N-dealkylation sites (tertiary alicyclic amines) is 1. The van der Waals surface area contributed by atoms with Gasteiger partial charge in [0, 0.05) is 12.6 Å². The van der Waals surface area contributed by atoms with Crippen molar-refractivity contribution in [3.05, 3.63) is 35.9 Å². The Kier molecular flexibility index (Phi) is 5.58. The molecule has 1 aromatic rings. The molecule has 1 aromatic carbocycles. The summed E-state index contributed by atoms with van der Waals surface area (Å²) in [5.74, 6) is 0. The zero-order chi connectivity index (χ0) is 14.4. The molecule has 0 aliphatic carbocycles. The van der Waals surface area contributed by atoms with Crippen molar-refractivity contribution < 1.29 is 5.11 Å². The Morgan fingerprint density at radius 1 is 1.25 bits per heavy atom. The molecule has 3 N–H and O–H groups in total. The predicted octanol–water partition coefficient (Wildman–Crippen LogP) is 2.49. The summed E-state index contributed by atoms with van der Waals surface area (Å²) >= 11 is 0. The first-order chi connectivity index (χ1) is 9.65. The van der Waals surface area contributed by atoms with Crippen LogP contribution in [0.2, 0.25) is 0 Å². The highest BCUT2D eigenvalue weighted by atomic mass is 16.3. The quantitative estimate of drug-likeness (QED) is 0.868. The van der Waals surface area contributed by atoms with E-state index in [1.807, 2.05) is 30.3 Å². The molecule has 3 heteroatoms. The number of benzene rings is 1. The van der Waals surface area contributed by atoms with Gasteiger partial charge in [0.25, 0.3) is 0 Å². The van der Waals surface area contributed by atoms with Crippen LogP contribution >= 0.6 is 0 Å². The Hall–Kier alpha value is -0.900. The first kappa shape index (κ1) is 15.5. The average molecular weight is 276 g/mol. The van der Waals surface area contributed by atoms with E-state index in [0.29, 0.717) is 6.04 Å². The summed E-state index contributed by atoms with van der Waals surface area (Å²) in [5, 5.41) is 9.75. The van der Waals surface area contributed by atoms with Gasteiger partial charge in [0.05, 0.1) is 12.1 Å². The first-order valence-electron chi connectivity index (χ1n) is 7.85. The summed E-state index contributed by atoms with van der Waals surface area (Å²) in [6.07, 6.45) is 6.05. The largest absolute Gasteiger partial charge is 0.394 e. The van der Waals surface area contributed by atoms with Gasteiger partial charge in [0.1, 0.15) is 0 Å². The van der Waals surface area contributed by atoms with Crippen molar-refractivity contribution in [1.82, 2.24) is 4.90 Å². The number of nitrogens with two attached hydrogens (primary N) is 1. The molecule has 1 heterocycles. The number of aliphatic hydroxyl groups is 1. The van der Waals surface area contributed by atoms with E-state index >= 15 is 0 Å². The average Bonchev–Trinajstić information content (AvgIpc) is 2.70. The summed E-state index contributed by atoms with van der Waals surface area (Å²) in [4.78, 5) is 2.53. The molecule has 0 radical (unpaired) electrons. The predicted molar refractivity (Wildman–Crippen MR) is 83.5 cm³/mol. The van der Waals surface area contributed by atoms with Gasteiger partial charge >= 0.3 is 0 Å². The van der Waals surface area contributed by atoms with Gasteiger partial charge in [-0.05, 0) is 38.3 Å². The van der Waals surface area contributed by atoms with E-state index in [1.165, 1.54) is 25.7 Å². The highest BCUT2D eigenvalue weighted by molar-refractivity contribution is 5.24. The molecular formula is C17H28N2O. The SMILES string of the molecule is CC1CCCCCN1CCC(N)(CO)c1ccccc1. The second-order valence-corrected chi connectivity index (χ2v) is 6.16. The molecule has 2 unspecified atom stereocenters. The molecule has 0 aromatic heterocycles. The third-order valence-corrected chi connectivity index (χ3v) is 4.67. The topological polar surface area (TPSA) is 49.5 Å². The van der Waals surface area contributed by atoms with E-state index in [2.05, 4.69) is 11.8 Å². The maximum absolute atomic E-state index is 9.75. The maximum atomic E-state index is 9.75. The maximum Gasteiger partial charge on any atom is 0.0656 e. The number of nitrogens with zero attached hydrogens (tertiary/aromatic N) is 1. The van der Waals surface area contributed by atoms with Crippen LogP contribution in [0.4, 0.5) is 0 Å². The second-order valence-electron chi connectivity index (χ2n) is 6.16. The minimum atomic E-state index is -0.618. The van der Waals surface area contributed by atoms with Gasteiger partial charge < -0.3 is 15.7 Å². The lowest BCUT2D eigenvalue weighted by atomic mass is 9.88. The van der Waals surface area contributed by atoms with E-state index in [0.717, 1.165) is 25.1 Å². The number of hydrogen-bond acceptors (Lipinski definition) is 3. The molecule has 1 fully saturated rings. The Morgan fingerprint density at radius 2 is 2.00 bits per heavy atom. The monoisotopic (exact) mass is 276 g/mol. The Labute approximate surface area is 122 Å². The zero-order valence-corrected chi connectivity index (χ0v) is 12.6. The lowest BCUT2D eigenvalue weighted by molar-refractivity contribution is 0.146. The third kappa shape index (κ3) is 3.81. The Bertz CT molecular complexity index is 395. The van der Waals surface area contributed by atoms with Crippen molar-refractivity contribution in [2.45, 2.75) is 50.6 Å². The third-order valence-electron chi connectivity index (χ3n) is 4.67. The van der Waals surface area contributed by atoms with Crippen LogP contribution in [0.1, 0.15) is 44.6 Å². The molecule has 1 saturated heterocycles. The molecule has 20 heavy (non-hydrogen) atoms. The molecule has 2 atom stereocenters. The van der Waals surface area contributed by atoms with Crippen LogP contribution in [0.25, 0.3) is 0 Å². The lowest BCUT2D eigenvalue weighted by Crippen LogP contribution is -2.45. The Morgan fingerprint density at radius 3 is 2.70 bits per heavy atom. The van der Waals surface area contributed by atoms with Crippen LogP contribution in [0.15, 0.2) is 30.3 Å². The van der Waals surface area contributed by atoms with E-state index in [4.69, 9.17) is 5.73 Å². The fourth-order valence-corrected chi connectivity index (χ4v) is 3.09. The zero-order valence-electron chi connectivity index (χ0n) is 12.6. The first-order valence-corrected chi connectivity index (χ1v) is 7.85. The number of hydrogen-bond donors (Lipinski definition) is 2. The van der Waals surface area contributed by atoms with Gasteiger partial charge in [-0.25, -0.2) is 0 Å². The van der Waals surface area contributed by atoms with Crippen molar-refractivity contribution in [2.24, 2.45) is 5.73 Å². The van der Waals surface area contributed by atoms with Gasteiger partial charge in [-0.1, -0.05) is 43.2 Å². The molecule has 1 aliphatic heterocycles. The lowest BCUT2D eigenvalue weighted by Gasteiger charge is -2.33. The normalized spacial score (nSPS) is 24.1. The fraction of sp³-hybridized carbons (Fsp3) is 0.647.